The lowest BCUT2D eigenvalue weighted by Crippen LogP contribution is -2.31. The molecular weight excluding hydrogens is 365 g/mol. The highest BCUT2D eigenvalue weighted by Gasteiger charge is 2.27. The summed E-state index contributed by atoms with van der Waals surface area (Å²) in [6.07, 6.45) is 3.24. The van der Waals surface area contributed by atoms with Crippen molar-refractivity contribution in [3.05, 3.63) is 83.7 Å². The molecule has 0 saturated carbocycles. The molecule has 0 amide bonds. The van der Waals surface area contributed by atoms with Gasteiger partial charge in [-0.3, -0.25) is 0 Å². The third kappa shape index (κ3) is 4.09. The summed E-state index contributed by atoms with van der Waals surface area (Å²) in [5, 5.41) is 0. The molecule has 1 N–H and O–H groups in total. The Kier molecular flexibility index (Phi) is 5.43. The van der Waals surface area contributed by atoms with Gasteiger partial charge in [0, 0.05) is 25.0 Å². The van der Waals surface area contributed by atoms with Crippen LogP contribution in [-0.4, -0.2) is 18.0 Å². The van der Waals surface area contributed by atoms with Gasteiger partial charge in [-0.1, -0.05) is 44.2 Å². The van der Waals surface area contributed by atoms with E-state index < -0.39 is 21.9 Å². The monoisotopic (exact) mass is 387 g/mol. The molecule has 1 aromatic heterocycles. The van der Waals surface area contributed by atoms with Crippen LogP contribution in [0, 0.1) is 5.82 Å². The van der Waals surface area contributed by atoms with Crippen molar-refractivity contribution in [2.24, 2.45) is 7.05 Å². The van der Waals surface area contributed by atoms with Gasteiger partial charge in [-0.25, -0.2) is 17.8 Å². The Balaban J connectivity index is 2.01. The summed E-state index contributed by atoms with van der Waals surface area (Å²) in [6, 6.07) is 11.9. The van der Waals surface area contributed by atoms with Crippen molar-refractivity contribution in [3.8, 4) is 0 Å². The first-order valence-corrected chi connectivity index (χ1v) is 10.1. The second-order valence-electron chi connectivity index (χ2n) is 6.70. The van der Waals surface area contributed by atoms with Crippen LogP contribution in [0.2, 0.25) is 0 Å². The first-order chi connectivity index (χ1) is 12.8. The van der Waals surface area contributed by atoms with Crippen molar-refractivity contribution in [2.75, 3.05) is 0 Å². The highest BCUT2D eigenvalue weighted by molar-refractivity contribution is 7.89. The van der Waals surface area contributed by atoms with Crippen LogP contribution in [0.4, 0.5) is 4.39 Å². The molecule has 0 aliphatic carbocycles. The molecule has 1 unspecified atom stereocenters. The van der Waals surface area contributed by atoms with E-state index in [9.17, 15) is 12.8 Å². The molecule has 0 aliphatic rings. The molecule has 0 fully saturated rings. The fourth-order valence-electron chi connectivity index (χ4n) is 2.87. The van der Waals surface area contributed by atoms with E-state index in [1.54, 1.807) is 66.5 Å². The van der Waals surface area contributed by atoms with Gasteiger partial charge < -0.3 is 4.57 Å². The number of nitrogens with one attached hydrogen (secondary N) is 1. The molecular formula is C20H22FN3O2S. The van der Waals surface area contributed by atoms with Crippen LogP contribution in [0.25, 0.3) is 0 Å². The summed E-state index contributed by atoms with van der Waals surface area (Å²) in [4.78, 5) is 4.35. The Morgan fingerprint density at radius 3 is 2.30 bits per heavy atom. The van der Waals surface area contributed by atoms with Gasteiger partial charge in [0.25, 0.3) is 0 Å². The lowest BCUT2D eigenvalue weighted by Gasteiger charge is -2.20. The Hall–Kier alpha value is -2.51. The quantitative estimate of drug-likeness (QED) is 0.701. The van der Waals surface area contributed by atoms with Crippen molar-refractivity contribution < 1.29 is 12.8 Å². The van der Waals surface area contributed by atoms with Gasteiger partial charge in [-0.15, -0.1) is 0 Å². The fraction of sp³-hybridized carbons (Fsp3) is 0.250. The van der Waals surface area contributed by atoms with Crippen LogP contribution in [0.1, 0.15) is 42.8 Å². The first-order valence-electron chi connectivity index (χ1n) is 8.63. The number of hydrogen-bond donors (Lipinski definition) is 1. The maximum absolute atomic E-state index is 14.4. The highest BCUT2D eigenvalue weighted by Crippen LogP contribution is 2.26. The standard InChI is InChI=1S/C20H22FN3O2S/c1-14(2)15-8-10-16(11-9-15)27(25,26)23-19(20-22-12-13-24(20)3)17-6-4-5-7-18(17)21/h4-14,19,23H,1-3H3. The predicted molar refractivity (Wildman–Crippen MR) is 102 cm³/mol. The van der Waals surface area contributed by atoms with Crippen molar-refractivity contribution in [1.29, 1.82) is 0 Å². The fourth-order valence-corrected chi connectivity index (χ4v) is 4.05. The van der Waals surface area contributed by atoms with Crippen LogP contribution < -0.4 is 4.72 Å². The van der Waals surface area contributed by atoms with E-state index in [0.717, 1.165) is 5.56 Å². The molecule has 0 spiro atoms. The summed E-state index contributed by atoms with van der Waals surface area (Å²) >= 11 is 0. The Morgan fingerprint density at radius 2 is 1.74 bits per heavy atom. The number of aryl methyl sites for hydroxylation is 1. The number of halogens is 1. The summed E-state index contributed by atoms with van der Waals surface area (Å²) in [5.74, 6) is 0.208. The number of aromatic nitrogens is 2. The molecule has 1 atom stereocenters. The zero-order valence-electron chi connectivity index (χ0n) is 15.4. The molecule has 0 bridgehead atoms. The van der Waals surface area contributed by atoms with Crippen LogP contribution in [-0.2, 0) is 17.1 Å². The van der Waals surface area contributed by atoms with Crippen molar-refractivity contribution in [2.45, 2.75) is 30.7 Å². The zero-order chi connectivity index (χ0) is 19.6. The van der Waals surface area contributed by atoms with Gasteiger partial charge in [0.05, 0.1) is 4.90 Å². The third-order valence-corrected chi connectivity index (χ3v) is 5.90. The maximum atomic E-state index is 14.4. The Labute approximate surface area is 158 Å². The molecule has 3 rings (SSSR count). The molecule has 2 aromatic carbocycles. The molecule has 0 aliphatic heterocycles. The van der Waals surface area contributed by atoms with E-state index >= 15 is 0 Å². The number of benzene rings is 2. The van der Waals surface area contributed by atoms with Crippen LogP contribution >= 0.6 is 0 Å². The minimum atomic E-state index is -3.88. The predicted octanol–water partition coefficient (Wildman–Crippen LogP) is 3.75. The summed E-state index contributed by atoms with van der Waals surface area (Å²) < 4.78 is 44.6. The minimum Gasteiger partial charge on any atom is -0.336 e. The molecule has 3 aromatic rings. The number of sulfonamides is 1. The lowest BCUT2D eigenvalue weighted by atomic mass is 10.0. The SMILES string of the molecule is CC(C)c1ccc(S(=O)(=O)NC(c2ccccc2F)c2nccn2C)cc1. The number of imidazole rings is 1. The Bertz CT molecular complexity index is 1030. The van der Waals surface area contributed by atoms with Gasteiger partial charge >= 0.3 is 0 Å². The summed E-state index contributed by atoms with van der Waals surface area (Å²) in [7, 11) is -2.14. The molecule has 7 heteroatoms. The van der Waals surface area contributed by atoms with E-state index in [4.69, 9.17) is 0 Å². The average Bonchev–Trinajstić information content (AvgIpc) is 3.06. The molecule has 0 saturated heterocycles. The third-order valence-electron chi connectivity index (χ3n) is 4.46. The summed E-state index contributed by atoms with van der Waals surface area (Å²) in [5.41, 5.74) is 1.26. The van der Waals surface area contributed by atoms with Gasteiger partial charge in [-0.2, -0.15) is 4.72 Å². The number of rotatable bonds is 6. The van der Waals surface area contributed by atoms with E-state index in [2.05, 4.69) is 9.71 Å². The van der Waals surface area contributed by atoms with Gasteiger partial charge in [-0.05, 0) is 29.7 Å². The molecule has 142 valence electrons. The largest absolute Gasteiger partial charge is 0.336 e. The number of hydrogen-bond acceptors (Lipinski definition) is 3. The van der Waals surface area contributed by atoms with E-state index in [0.29, 0.717) is 11.7 Å². The maximum Gasteiger partial charge on any atom is 0.241 e. The van der Waals surface area contributed by atoms with E-state index in [1.165, 1.54) is 6.07 Å². The smallest absolute Gasteiger partial charge is 0.241 e. The topological polar surface area (TPSA) is 64.0 Å². The van der Waals surface area contributed by atoms with Crippen LogP contribution in [0.5, 0.6) is 0 Å². The molecule has 27 heavy (non-hydrogen) atoms. The lowest BCUT2D eigenvalue weighted by molar-refractivity contribution is 0.545. The zero-order valence-corrected chi connectivity index (χ0v) is 16.2. The van der Waals surface area contributed by atoms with E-state index in [1.807, 2.05) is 13.8 Å². The molecule has 0 radical (unpaired) electrons. The van der Waals surface area contributed by atoms with Crippen molar-refractivity contribution in [1.82, 2.24) is 14.3 Å². The second kappa shape index (κ2) is 7.62. The minimum absolute atomic E-state index is 0.127. The van der Waals surface area contributed by atoms with Gasteiger partial charge in [0.2, 0.25) is 10.0 Å². The van der Waals surface area contributed by atoms with Crippen molar-refractivity contribution >= 4 is 10.0 Å². The van der Waals surface area contributed by atoms with E-state index in [-0.39, 0.29) is 10.5 Å². The van der Waals surface area contributed by atoms with Gasteiger partial charge in [0.1, 0.15) is 17.7 Å². The van der Waals surface area contributed by atoms with Crippen LogP contribution in [0.15, 0.2) is 65.8 Å². The second-order valence-corrected chi connectivity index (χ2v) is 8.41. The summed E-state index contributed by atoms with van der Waals surface area (Å²) in [6.45, 7) is 4.08. The normalized spacial score (nSPS) is 13.1. The molecule has 5 nitrogen and oxygen atoms in total. The number of nitrogens with zero attached hydrogens (tertiary/aromatic N) is 2. The first kappa shape index (κ1) is 19.3. The molecule has 1 heterocycles. The Morgan fingerprint density at radius 1 is 1.07 bits per heavy atom. The average molecular weight is 387 g/mol. The van der Waals surface area contributed by atoms with Gasteiger partial charge in [0.15, 0.2) is 0 Å². The highest BCUT2D eigenvalue weighted by atomic mass is 32.2. The van der Waals surface area contributed by atoms with Crippen molar-refractivity contribution in [3.63, 3.8) is 0 Å². The van der Waals surface area contributed by atoms with Crippen LogP contribution in [0.3, 0.4) is 0 Å².